The summed E-state index contributed by atoms with van der Waals surface area (Å²) >= 11 is 6.78. The van der Waals surface area contributed by atoms with E-state index in [1.807, 2.05) is 30.3 Å². The van der Waals surface area contributed by atoms with Gasteiger partial charge in [0.05, 0.1) is 11.9 Å². The highest BCUT2D eigenvalue weighted by molar-refractivity contribution is 9.10. The van der Waals surface area contributed by atoms with Crippen LogP contribution in [0.3, 0.4) is 0 Å². The molecule has 0 aliphatic rings. The minimum absolute atomic E-state index is 0.862. The third-order valence-corrected chi connectivity index (χ3v) is 2.67. The Hall–Kier alpha value is -0.740. The molecule has 0 atom stereocenters. The standard InChI is InChI=1S/C10H6Br2N2/c11-8-3-1-2-7(4-8)10-5-9(12)6-13-14-10/h1-6H. The molecular formula is C10H6Br2N2. The summed E-state index contributed by atoms with van der Waals surface area (Å²) in [7, 11) is 0. The molecule has 2 nitrogen and oxygen atoms in total. The van der Waals surface area contributed by atoms with Crippen LogP contribution in [0, 0.1) is 0 Å². The Balaban J connectivity index is 2.49. The molecule has 0 N–H and O–H groups in total. The lowest BCUT2D eigenvalue weighted by atomic mass is 10.1. The third-order valence-electron chi connectivity index (χ3n) is 1.74. The van der Waals surface area contributed by atoms with Gasteiger partial charge < -0.3 is 0 Å². The molecule has 0 amide bonds. The van der Waals surface area contributed by atoms with E-state index in [4.69, 9.17) is 0 Å². The van der Waals surface area contributed by atoms with E-state index in [-0.39, 0.29) is 0 Å². The van der Waals surface area contributed by atoms with Crippen LogP contribution >= 0.6 is 31.9 Å². The molecule has 0 saturated heterocycles. The molecule has 70 valence electrons. The normalized spacial score (nSPS) is 10.1. The number of aromatic nitrogens is 2. The second-order valence-electron chi connectivity index (χ2n) is 2.77. The van der Waals surface area contributed by atoms with Gasteiger partial charge in [0.25, 0.3) is 0 Å². The molecule has 4 heteroatoms. The molecule has 0 saturated carbocycles. The Morgan fingerprint density at radius 1 is 1.00 bits per heavy atom. The van der Waals surface area contributed by atoms with E-state index in [1.54, 1.807) is 6.20 Å². The van der Waals surface area contributed by atoms with Gasteiger partial charge in [0.1, 0.15) is 0 Å². The minimum atomic E-state index is 0.862. The summed E-state index contributed by atoms with van der Waals surface area (Å²) in [4.78, 5) is 0. The van der Waals surface area contributed by atoms with Crippen molar-refractivity contribution in [1.29, 1.82) is 0 Å². The van der Waals surface area contributed by atoms with E-state index in [0.717, 1.165) is 20.2 Å². The van der Waals surface area contributed by atoms with E-state index in [0.29, 0.717) is 0 Å². The predicted molar refractivity (Wildman–Crippen MR) is 62.9 cm³/mol. The van der Waals surface area contributed by atoms with Crippen LogP contribution in [0.15, 0.2) is 45.5 Å². The summed E-state index contributed by atoms with van der Waals surface area (Å²) in [5.41, 5.74) is 1.91. The average Bonchev–Trinajstić information content (AvgIpc) is 2.18. The Bertz CT molecular complexity index is 414. The van der Waals surface area contributed by atoms with Gasteiger partial charge in [-0.05, 0) is 34.1 Å². The van der Waals surface area contributed by atoms with Crippen LogP contribution in [0.25, 0.3) is 11.3 Å². The van der Waals surface area contributed by atoms with Crippen LogP contribution < -0.4 is 0 Å². The number of rotatable bonds is 1. The van der Waals surface area contributed by atoms with Crippen molar-refractivity contribution in [1.82, 2.24) is 10.2 Å². The van der Waals surface area contributed by atoms with Gasteiger partial charge in [0.15, 0.2) is 0 Å². The van der Waals surface area contributed by atoms with Crippen molar-refractivity contribution in [3.8, 4) is 11.3 Å². The first-order chi connectivity index (χ1) is 6.75. The first kappa shape index (κ1) is 9.80. The summed E-state index contributed by atoms with van der Waals surface area (Å²) in [6.45, 7) is 0. The summed E-state index contributed by atoms with van der Waals surface area (Å²) < 4.78 is 1.97. The summed E-state index contributed by atoms with van der Waals surface area (Å²) in [5.74, 6) is 0. The number of hydrogen-bond acceptors (Lipinski definition) is 2. The zero-order valence-corrected chi connectivity index (χ0v) is 10.3. The molecule has 0 fully saturated rings. The first-order valence-corrected chi connectivity index (χ1v) is 5.58. The largest absolute Gasteiger partial charge is 0.157 e. The summed E-state index contributed by atoms with van der Waals surface area (Å²) in [6, 6.07) is 9.91. The van der Waals surface area contributed by atoms with Crippen LogP contribution in [0.5, 0.6) is 0 Å². The van der Waals surface area contributed by atoms with Gasteiger partial charge in [-0.25, -0.2) is 0 Å². The van der Waals surface area contributed by atoms with Crippen molar-refractivity contribution in [3.63, 3.8) is 0 Å². The molecule has 2 rings (SSSR count). The average molecular weight is 314 g/mol. The van der Waals surface area contributed by atoms with Crippen molar-refractivity contribution < 1.29 is 0 Å². The zero-order chi connectivity index (χ0) is 9.97. The van der Waals surface area contributed by atoms with Crippen molar-refractivity contribution in [3.05, 3.63) is 45.5 Å². The fraction of sp³-hybridized carbons (Fsp3) is 0. The van der Waals surface area contributed by atoms with Crippen molar-refractivity contribution in [2.24, 2.45) is 0 Å². The Morgan fingerprint density at radius 3 is 2.57 bits per heavy atom. The van der Waals surface area contributed by atoms with Gasteiger partial charge in [0.2, 0.25) is 0 Å². The van der Waals surface area contributed by atoms with Crippen LogP contribution in [0.1, 0.15) is 0 Å². The maximum atomic E-state index is 4.05. The highest BCUT2D eigenvalue weighted by Gasteiger charge is 2.00. The topological polar surface area (TPSA) is 25.8 Å². The zero-order valence-electron chi connectivity index (χ0n) is 7.11. The number of halogens is 2. The van der Waals surface area contributed by atoms with E-state index in [1.165, 1.54) is 0 Å². The van der Waals surface area contributed by atoms with Gasteiger partial charge in [-0.2, -0.15) is 10.2 Å². The lowest BCUT2D eigenvalue weighted by Gasteiger charge is -2.00. The maximum Gasteiger partial charge on any atom is 0.0941 e. The monoisotopic (exact) mass is 312 g/mol. The maximum absolute atomic E-state index is 4.05. The molecule has 0 bridgehead atoms. The Kier molecular flexibility index (Phi) is 2.93. The number of benzene rings is 1. The molecule has 1 aromatic carbocycles. The second-order valence-corrected chi connectivity index (χ2v) is 4.60. The van der Waals surface area contributed by atoms with Gasteiger partial charge in [-0.1, -0.05) is 28.1 Å². The van der Waals surface area contributed by atoms with Crippen LogP contribution in [0.2, 0.25) is 0 Å². The molecule has 0 unspecified atom stereocenters. The van der Waals surface area contributed by atoms with Gasteiger partial charge in [-0.3, -0.25) is 0 Å². The smallest absolute Gasteiger partial charge is 0.0941 e. The van der Waals surface area contributed by atoms with Crippen LogP contribution in [-0.4, -0.2) is 10.2 Å². The van der Waals surface area contributed by atoms with Gasteiger partial charge in [-0.15, -0.1) is 0 Å². The van der Waals surface area contributed by atoms with E-state index >= 15 is 0 Å². The van der Waals surface area contributed by atoms with Crippen molar-refractivity contribution >= 4 is 31.9 Å². The molecule has 2 aromatic rings. The third kappa shape index (κ3) is 2.19. The molecule has 1 heterocycles. The van der Waals surface area contributed by atoms with Crippen molar-refractivity contribution in [2.45, 2.75) is 0 Å². The predicted octanol–water partition coefficient (Wildman–Crippen LogP) is 3.67. The second kappa shape index (κ2) is 4.19. The number of nitrogens with zero attached hydrogens (tertiary/aromatic N) is 2. The van der Waals surface area contributed by atoms with E-state index in [2.05, 4.69) is 42.1 Å². The van der Waals surface area contributed by atoms with Crippen LogP contribution in [-0.2, 0) is 0 Å². The summed E-state index contributed by atoms with van der Waals surface area (Å²) in [6.07, 6.45) is 1.67. The highest BCUT2D eigenvalue weighted by atomic mass is 79.9. The lowest BCUT2D eigenvalue weighted by Crippen LogP contribution is -1.86. The van der Waals surface area contributed by atoms with Crippen LogP contribution in [0.4, 0.5) is 0 Å². The van der Waals surface area contributed by atoms with E-state index < -0.39 is 0 Å². The SMILES string of the molecule is Brc1cccc(-c2cc(Br)cnn2)c1. The van der Waals surface area contributed by atoms with Gasteiger partial charge in [0, 0.05) is 14.5 Å². The van der Waals surface area contributed by atoms with Crippen molar-refractivity contribution in [2.75, 3.05) is 0 Å². The Morgan fingerprint density at radius 2 is 1.86 bits per heavy atom. The first-order valence-electron chi connectivity index (χ1n) is 4.00. The molecule has 14 heavy (non-hydrogen) atoms. The lowest BCUT2D eigenvalue weighted by molar-refractivity contribution is 1.03. The minimum Gasteiger partial charge on any atom is -0.157 e. The van der Waals surface area contributed by atoms with Gasteiger partial charge >= 0.3 is 0 Å². The molecule has 0 aliphatic carbocycles. The molecule has 0 spiro atoms. The van der Waals surface area contributed by atoms with E-state index in [9.17, 15) is 0 Å². The molecular weight excluding hydrogens is 308 g/mol. The Labute approximate surface area is 98.6 Å². The number of hydrogen-bond donors (Lipinski definition) is 0. The summed E-state index contributed by atoms with van der Waals surface area (Å²) in [5, 5.41) is 7.93. The molecule has 0 aliphatic heterocycles. The quantitative estimate of drug-likeness (QED) is 0.803. The molecule has 1 aromatic heterocycles. The fourth-order valence-electron chi connectivity index (χ4n) is 1.13. The fourth-order valence-corrected chi connectivity index (χ4v) is 1.84. The molecule has 0 radical (unpaired) electrons. The highest BCUT2D eigenvalue weighted by Crippen LogP contribution is 2.22.